The Morgan fingerprint density at radius 2 is 2.28 bits per heavy atom. The number of hydrogen-bond acceptors (Lipinski definition) is 5. The lowest BCUT2D eigenvalue weighted by Crippen LogP contribution is -2.09. The van der Waals surface area contributed by atoms with Gasteiger partial charge >= 0.3 is 5.97 Å². The van der Waals surface area contributed by atoms with Gasteiger partial charge in [-0.1, -0.05) is 23.8 Å². The first-order chi connectivity index (χ1) is 8.69. The Bertz CT molecular complexity index is 551. The molecule has 1 aromatic carbocycles. The predicted molar refractivity (Wildman–Crippen MR) is 64.6 cm³/mol. The van der Waals surface area contributed by atoms with E-state index in [9.17, 15) is 4.79 Å². The molecule has 0 spiro atoms. The van der Waals surface area contributed by atoms with Crippen LogP contribution < -0.4 is 0 Å². The van der Waals surface area contributed by atoms with Crippen molar-refractivity contribution in [3.63, 3.8) is 0 Å². The minimum absolute atomic E-state index is 0.236. The van der Waals surface area contributed by atoms with Crippen LogP contribution in [-0.2, 0) is 16.1 Å². The van der Waals surface area contributed by atoms with Crippen molar-refractivity contribution in [1.29, 1.82) is 0 Å². The summed E-state index contributed by atoms with van der Waals surface area (Å²) >= 11 is 0. The molecule has 0 aliphatic heterocycles. The molecule has 1 heterocycles. The zero-order valence-corrected chi connectivity index (χ0v) is 10.3. The van der Waals surface area contributed by atoms with Crippen molar-refractivity contribution in [3.8, 4) is 11.4 Å². The normalized spacial score (nSPS) is 10.3. The van der Waals surface area contributed by atoms with Gasteiger partial charge in [-0.2, -0.15) is 4.80 Å². The van der Waals surface area contributed by atoms with Crippen LogP contribution in [0.15, 0.2) is 24.3 Å². The van der Waals surface area contributed by atoms with E-state index in [1.165, 1.54) is 11.9 Å². The Morgan fingerprint density at radius 1 is 1.44 bits per heavy atom. The maximum absolute atomic E-state index is 11.0. The van der Waals surface area contributed by atoms with E-state index in [1.807, 2.05) is 31.2 Å². The average Bonchev–Trinajstić information content (AvgIpc) is 2.84. The van der Waals surface area contributed by atoms with Gasteiger partial charge in [0.2, 0.25) is 5.82 Å². The first-order valence-electron chi connectivity index (χ1n) is 5.60. The van der Waals surface area contributed by atoms with Gasteiger partial charge in [-0.25, -0.2) is 0 Å². The van der Waals surface area contributed by atoms with Crippen molar-refractivity contribution in [1.82, 2.24) is 20.2 Å². The summed E-state index contributed by atoms with van der Waals surface area (Å²) in [6.45, 7) is 2.37. The van der Waals surface area contributed by atoms with Gasteiger partial charge in [-0.15, -0.1) is 10.2 Å². The van der Waals surface area contributed by atoms with Crippen molar-refractivity contribution < 1.29 is 9.53 Å². The molecule has 0 saturated heterocycles. The van der Waals surface area contributed by atoms with Gasteiger partial charge in [0, 0.05) is 5.56 Å². The van der Waals surface area contributed by atoms with Crippen LogP contribution in [0.5, 0.6) is 0 Å². The summed E-state index contributed by atoms with van der Waals surface area (Å²) in [6, 6.07) is 7.86. The second kappa shape index (κ2) is 5.39. The highest BCUT2D eigenvalue weighted by Crippen LogP contribution is 2.14. The Kier molecular flexibility index (Phi) is 3.66. The van der Waals surface area contributed by atoms with Gasteiger partial charge in [0.05, 0.1) is 20.1 Å². The molecule has 0 amide bonds. The topological polar surface area (TPSA) is 69.9 Å². The fraction of sp³-hybridized carbons (Fsp3) is 0.333. The standard InChI is InChI=1S/C12H14N4O2/c1-9-4-3-5-10(8-9)12-13-15-16(14-12)7-6-11(17)18-2/h3-5,8H,6-7H2,1-2H3. The van der Waals surface area contributed by atoms with E-state index in [0.29, 0.717) is 12.4 Å². The van der Waals surface area contributed by atoms with Crippen LogP contribution in [0.2, 0.25) is 0 Å². The van der Waals surface area contributed by atoms with E-state index >= 15 is 0 Å². The molecule has 6 heteroatoms. The Labute approximate surface area is 105 Å². The van der Waals surface area contributed by atoms with Crippen molar-refractivity contribution in [3.05, 3.63) is 29.8 Å². The molecule has 0 unspecified atom stereocenters. The highest BCUT2D eigenvalue weighted by molar-refractivity contribution is 5.68. The molecule has 0 N–H and O–H groups in total. The van der Waals surface area contributed by atoms with E-state index in [-0.39, 0.29) is 12.4 Å². The van der Waals surface area contributed by atoms with Crippen LogP contribution in [0.4, 0.5) is 0 Å². The number of benzene rings is 1. The molecule has 18 heavy (non-hydrogen) atoms. The molecule has 0 aliphatic carbocycles. The number of nitrogens with zero attached hydrogens (tertiary/aromatic N) is 4. The Balaban J connectivity index is 2.08. The summed E-state index contributed by atoms with van der Waals surface area (Å²) in [5, 5.41) is 12.1. The molecule has 2 rings (SSSR count). The summed E-state index contributed by atoms with van der Waals surface area (Å²) in [5.74, 6) is 0.271. The number of methoxy groups -OCH3 is 1. The lowest BCUT2D eigenvalue weighted by Gasteiger charge is -1.98. The highest BCUT2D eigenvalue weighted by atomic mass is 16.5. The zero-order valence-electron chi connectivity index (χ0n) is 10.3. The molecule has 0 radical (unpaired) electrons. The maximum atomic E-state index is 11.0. The van der Waals surface area contributed by atoms with E-state index in [1.54, 1.807) is 0 Å². The molecule has 0 fully saturated rings. The summed E-state index contributed by atoms with van der Waals surface area (Å²) in [5.41, 5.74) is 2.05. The monoisotopic (exact) mass is 246 g/mol. The molecule has 0 saturated carbocycles. The predicted octanol–water partition coefficient (Wildman–Crippen LogP) is 1.21. The lowest BCUT2D eigenvalue weighted by atomic mass is 10.1. The van der Waals surface area contributed by atoms with Gasteiger partial charge in [0.1, 0.15) is 0 Å². The minimum atomic E-state index is -0.288. The van der Waals surface area contributed by atoms with E-state index in [2.05, 4.69) is 20.1 Å². The van der Waals surface area contributed by atoms with E-state index in [4.69, 9.17) is 0 Å². The molecular formula is C12H14N4O2. The first kappa shape index (κ1) is 12.2. The van der Waals surface area contributed by atoms with Crippen molar-refractivity contribution in [2.75, 3.05) is 7.11 Å². The van der Waals surface area contributed by atoms with Crippen LogP contribution in [-0.4, -0.2) is 33.3 Å². The van der Waals surface area contributed by atoms with Crippen molar-refractivity contribution in [2.24, 2.45) is 0 Å². The second-order valence-corrected chi connectivity index (χ2v) is 3.90. The van der Waals surface area contributed by atoms with Crippen LogP contribution >= 0.6 is 0 Å². The SMILES string of the molecule is COC(=O)CCn1nnc(-c2cccc(C)c2)n1. The number of aryl methyl sites for hydroxylation is 2. The average molecular weight is 246 g/mol. The summed E-state index contributed by atoms with van der Waals surface area (Å²) in [6.07, 6.45) is 0.236. The summed E-state index contributed by atoms with van der Waals surface area (Å²) in [4.78, 5) is 12.4. The number of carbonyl (C=O) groups excluding carboxylic acids is 1. The Morgan fingerprint density at radius 3 is 3.00 bits per heavy atom. The lowest BCUT2D eigenvalue weighted by molar-refractivity contribution is -0.140. The second-order valence-electron chi connectivity index (χ2n) is 3.90. The van der Waals surface area contributed by atoms with E-state index < -0.39 is 0 Å². The van der Waals surface area contributed by atoms with Crippen molar-refractivity contribution in [2.45, 2.75) is 19.9 Å². The Hall–Kier alpha value is -2.24. The third-order valence-corrected chi connectivity index (χ3v) is 2.47. The number of esters is 1. The molecule has 0 bridgehead atoms. The summed E-state index contributed by atoms with van der Waals surface area (Å²) in [7, 11) is 1.36. The summed E-state index contributed by atoms with van der Waals surface area (Å²) < 4.78 is 4.55. The number of rotatable bonds is 4. The quantitative estimate of drug-likeness (QED) is 0.758. The smallest absolute Gasteiger partial charge is 0.307 e. The molecule has 0 atom stereocenters. The first-order valence-corrected chi connectivity index (χ1v) is 5.60. The fourth-order valence-corrected chi connectivity index (χ4v) is 1.53. The van der Waals surface area contributed by atoms with Crippen LogP contribution in [0, 0.1) is 6.92 Å². The molecular weight excluding hydrogens is 232 g/mol. The molecule has 94 valence electrons. The number of tetrazole rings is 1. The van der Waals surface area contributed by atoms with E-state index in [0.717, 1.165) is 11.1 Å². The zero-order chi connectivity index (χ0) is 13.0. The van der Waals surface area contributed by atoms with Crippen LogP contribution in [0.3, 0.4) is 0 Å². The van der Waals surface area contributed by atoms with Crippen molar-refractivity contribution >= 4 is 5.97 Å². The van der Waals surface area contributed by atoms with Crippen LogP contribution in [0.25, 0.3) is 11.4 Å². The van der Waals surface area contributed by atoms with Gasteiger partial charge in [0.25, 0.3) is 0 Å². The third-order valence-electron chi connectivity index (χ3n) is 2.47. The number of ether oxygens (including phenoxy) is 1. The molecule has 0 aliphatic rings. The van der Waals surface area contributed by atoms with Gasteiger partial charge in [-0.3, -0.25) is 4.79 Å². The third kappa shape index (κ3) is 2.91. The molecule has 2 aromatic rings. The van der Waals surface area contributed by atoms with Gasteiger partial charge < -0.3 is 4.74 Å². The largest absolute Gasteiger partial charge is 0.469 e. The van der Waals surface area contributed by atoms with Gasteiger partial charge in [0.15, 0.2) is 0 Å². The number of hydrogen-bond donors (Lipinski definition) is 0. The highest BCUT2D eigenvalue weighted by Gasteiger charge is 2.07. The maximum Gasteiger partial charge on any atom is 0.307 e. The van der Waals surface area contributed by atoms with Crippen LogP contribution in [0.1, 0.15) is 12.0 Å². The fourth-order valence-electron chi connectivity index (χ4n) is 1.53. The molecule has 6 nitrogen and oxygen atoms in total. The number of aromatic nitrogens is 4. The van der Waals surface area contributed by atoms with Gasteiger partial charge in [-0.05, 0) is 18.2 Å². The minimum Gasteiger partial charge on any atom is -0.469 e. The number of carbonyl (C=O) groups is 1. The molecule has 1 aromatic heterocycles.